The molecule has 0 atom stereocenters. The van der Waals surface area contributed by atoms with E-state index in [0.29, 0.717) is 23.6 Å². The highest BCUT2D eigenvalue weighted by atomic mass is 35.5. The van der Waals surface area contributed by atoms with Crippen molar-refractivity contribution in [1.82, 2.24) is 20.1 Å². The summed E-state index contributed by atoms with van der Waals surface area (Å²) in [5.74, 6) is -0.133. The first-order valence-electron chi connectivity index (χ1n) is 7.61. The third-order valence-electron chi connectivity index (χ3n) is 3.59. The van der Waals surface area contributed by atoms with Crippen LogP contribution in [0.4, 0.5) is 0 Å². The minimum absolute atomic E-state index is 0.133. The molecule has 0 aliphatic carbocycles. The smallest absolute Gasteiger partial charge is 0.255 e. The Morgan fingerprint density at radius 2 is 2.21 bits per heavy atom. The molecule has 24 heavy (non-hydrogen) atoms. The van der Waals surface area contributed by atoms with Crippen LogP contribution >= 0.6 is 22.9 Å². The highest BCUT2D eigenvalue weighted by Gasteiger charge is 2.17. The second-order valence-corrected chi connectivity index (χ2v) is 7.03. The number of aryl methyl sites for hydroxylation is 1. The molecule has 7 heteroatoms. The average molecular weight is 361 g/mol. The summed E-state index contributed by atoms with van der Waals surface area (Å²) in [6.45, 7) is 4.41. The van der Waals surface area contributed by atoms with Gasteiger partial charge in [0.1, 0.15) is 0 Å². The fourth-order valence-electron chi connectivity index (χ4n) is 2.48. The van der Waals surface area contributed by atoms with E-state index in [1.165, 1.54) is 0 Å². The summed E-state index contributed by atoms with van der Waals surface area (Å²) in [5.41, 5.74) is 2.28. The normalized spacial score (nSPS) is 10.8. The Morgan fingerprint density at radius 3 is 2.88 bits per heavy atom. The highest BCUT2D eigenvalue weighted by Crippen LogP contribution is 2.19. The van der Waals surface area contributed by atoms with Crippen LogP contribution in [0.5, 0.6) is 0 Å². The van der Waals surface area contributed by atoms with Gasteiger partial charge in [-0.15, -0.1) is 11.3 Å². The lowest BCUT2D eigenvalue weighted by atomic mass is 10.2. The first kappa shape index (κ1) is 16.7. The topological polar surface area (TPSA) is 59.8 Å². The molecule has 1 N–H and O–H groups in total. The van der Waals surface area contributed by atoms with Crippen molar-refractivity contribution < 1.29 is 4.79 Å². The number of carbonyl (C=O) groups excluding carboxylic acids is 1. The zero-order valence-electron chi connectivity index (χ0n) is 13.4. The van der Waals surface area contributed by atoms with Gasteiger partial charge in [-0.05, 0) is 31.5 Å². The maximum atomic E-state index is 12.5. The maximum absolute atomic E-state index is 12.5. The van der Waals surface area contributed by atoms with Crippen LogP contribution in [0.1, 0.15) is 32.9 Å². The molecular weight excluding hydrogens is 344 g/mol. The van der Waals surface area contributed by atoms with E-state index in [2.05, 4.69) is 15.4 Å². The van der Waals surface area contributed by atoms with Crippen LogP contribution in [0.3, 0.4) is 0 Å². The number of nitrogens with zero attached hydrogens (tertiary/aromatic N) is 3. The lowest BCUT2D eigenvalue weighted by Crippen LogP contribution is -2.23. The number of hydrogen-bond donors (Lipinski definition) is 1. The largest absolute Gasteiger partial charge is 0.347 e. The molecule has 0 spiro atoms. The number of hydrogen-bond acceptors (Lipinski definition) is 4. The molecule has 2 aromatic heterocycles. The van der Waals surface area contributed by atoms with Crippen LogP contribution in [-0.4, -0.2) is 20.7 Å². The Kier molecular flexibility index (Phi) is 4.97. The van der Waals surface area contributed by atoms with E-state index in [1.54, 1.807) is 28.4 Å². The van der Waals surface area contributed by atoms with Crippen molar-refractivity contribution >= 4 is 28.8 Å². The van der Waals surface area contributed by atoms with Gasteiger partial charge in [-0.1, -0.05) is 24.6 Å². The molecule has 3 rings (SSSR count). The van der Waals surface area contributed by atoms with E-state index in [4.69, 9.17) is 11.6 Å². The fourth-order valence-corrected chi connectivity index (χ4v) is 3.40. The first-order chi connectivity index (χ1) is 11.6. The lowest BCUT2D eigenvalue weighted by molar-refractivity contribution is 0.0950. The third-order valence-corrected chi connectivity index (χ3v) is 4.74. The van der Waals surface area contributed by atoms with E-state index in [-0.39, 0.29) is 5.91 Å². The molecule has 0 unspecified atom stereocenters. The number of nitrogens with one attached hydrogen (secondary N) is 1. The van der Waals surface area contributed by atoms with Crippen LogP contribution in [0.2, 0.25) is 5.02 Å². The van der Waals surface area contributed by atoms with Gasteiger partial charge in [-0.25, -0.2) is 9.67 Å². The van der Waals surface area contributed by atoms with Crippen LogP contribution < -0.4 is 5.32 Å². The summed E-state index contributed by atoms with van der Waals surface area (Å²) in [5, 5.41) is 8.92. The van der Waals surface area contributed by atoms with E-state index in [9.17, 15) is 4.79 Å². The quantitative estimate of drug-likeness (QED) is 0.753. The van der Waals surface area contributed by atoms with Gasteiger partial charge in [0.15, 0.2) is 0 Å². The zero-order valence-corrected chi connectivity index (χ0v) is 15.0. The molecule has 1 amide bonds. The molecule has 3 aromatic rings. The van der Waals surface area contributed by atoms with Gasteiger partial charge in [-0.2, -0.15) is 5.10 Å². The number of benzene rings is 1. The van der Waals surface area contributed by atoms with Gasteiger partial charge in [-0.3, -0.25) is 4.79 Å². The number of carbonyl (C=O) groups is 1. The van der Waals surface area contributed by atoms with Crippen LogP contribution in [0, 0.1) is 6.92 Å². The molecule has 0 saturated carbocycles. The summed E-state index contributed by atoms with van der Waals surface area (Å²) in [6, 6.07) is 7.42. The van der Waals surface area contributed by atoms with E-state index < -0.39 is 0 Å². The predicted molar refractivity (Wildman–Crippen MR) is 96.0 cm³/mol. The maximum Gasteiger partial charge on any atom is 0.255 e. The average Bonchev–Trinajstić information content (AvgIpc) is 3.18. The summed E-state index contributed by atoms with van der Waals surface area (Å²) in [4.78, 5) is 17.7. The van der Waals surface area contributed by atoms with Crippen molar-refractivity contribution in [2.24, 2.45) is 0 Å². The van der Waals surface area contributed by atoms with Gasteiger partial charge in [0, 0.05) is 16.1 Å². The molecule has 0 aliphatic heterocycles. The molecular formula is C17H17ClN4OS. The number of halogens is 1. The van der Waals surface area contributed by atoms with Crippen molar-refractivity contribution in [3.05, 3.63) is 62.8 Å². The monoisotopic (exact) mass is 360 g/mol. The first-order valence-corrected chi connectivity index (χ1v) is 8.80. The Labute approximate surface area is 149 Å². The third kappa shape index (κ3) is 3.49. The highest BCUT2D eigenvalue weighted by molar-refractivity contribution is 7.11. The summed E-state index contributed by atoms with van der Waals surface area (Å²) >= 11 is 7.63. The number of aromatic nitrogens is 3. The molecule has 0 radical (unpaired) electrons. The zero-order chi connectivity index (χ0) is 17.1. The second kappa shape index (κ2) is 7.15. The summed E-state index contributed by atoms with van der Waals surface area (Å²) in [6.07, 6.45) is 4.08. The number of rotatable bonds is 5. The van der Waals surface area contributed by atoms with Crippen molar-refractivity contribution in [2.45, 2.75) is 26.8 Å². The molecule has 5 nitrogen and oxygen atoms in total. The van der Waals surface area contributed by atoms with Crippen molar-refractivity contribution in [3.63, 3.8) is 0 Å². The van der Waals surface area contributed by atoms with Crippen LogP contribution in [0.15, 0.2) is 36.7 Å². The van der Waals surface area contributed by atoms with Crippen LogP contribution in [-0.2, 0) is 13.0 Å². The van der Waals surface area contributed by atoms with E-state index >= 15 is 0 Å². The van der Waals surface area contributed by atoms with Gasteiger partial charge in [0.2, 0.25) is 0 Å². The standard InChI is InChI=1S/C17H17ClN4OS/c1-3-16-15(17(23)20-9-14-8-19-11(2)24-14)10-21-22(16)13-6-4-5-12(18)7-13/h4-8,10H,3,9H2,1-2H3,(H,20,23). The predicted octanol–water partition coefficient (Wildman–Crippen LogP) is 3.78. The SMILES string of the molecule is CCc1c(C(=O)NCc2cnc(C)s2)cnn1-c1cccc(Cl)c1. The summed E-state index contributed by atoms with van der Waals surface area (Å²) in [7, 11) is 0. The molecule has 0 saturated heterocycles. The van der Waals surface area contributed by atoms with Gasteiger partial charge < -0.3 is 5.32 Å². The van der Waals surface area contributed by atoms with Gasteiger partial charge in [0.05, 0.1) is 34.7 Å². The minimum atomic E-state index is -0.133. The molecule has 2 heterocycles. The van der Waals surface area contributed by atoms with E-state index in [1.807, 2.05) is 38.1 Å². The number of amides is 1. The number of thiazole rings is 1. The molecule has 0 aliphatic rings. The molecule has 0 fully saturated rings. The van der Waals surface area contributed by atoms with Crippen LogP contribution in [0.25, 0.3) is 5.69 Å². The second-order valence-electron chi connectivity index (χ2n) is 5.28. The molecule has 1 aromatic carbocycles. The molecule has 0 bridgehead atoms. The Balaban J connectivity index is 1.82. The lowest BCUT2D eigenvalue weighted by Gasteiger charge is -2.08. The molecule has 124 valence electrons. The van der Waals surface area contributed by atoms with Crippen molar-refractivity contribution in [1.29, 1.82) is 0 Å². The Morgan fingerprint density at radius 1 is 1.38 bits per heavy atom. The van der Waals surface area contributed by atoms with Gasteiger partial charge >= 0.3 is 0 Å². The Bertz CT molecular complexity index is 871. The summed E-state index contributed by atoms with van der Waals surface area (Å²) < 4.78 is 1.76. The van der Waals surface area contributed by atoms with Crippen molar-refractivity contribution in [3.8, 4) is 5.69 Å². The van der Waals surface area contributed by atoms with Crippen molar-refractivity contribution in [2.75, 3.05) is 0 Å². The minimum Gasteiger partial charge on any atom is -0.347 e. The fraction of sp³-hybridized carbons (Fsp3) is 0.235. The Hall–Kier alpha value is -2.18. The van der Waals surface area contributed by atoms with Gasteiger partial charge in [0.25, 0.3) is 5.91 Å². The van der Waals surface area contributed by atoms with E-state index in [0.717, 1.165) is 21.3 Å².